The Hall–Kier alpha value is -7.05. The number of aliphatic imine (C=N–C) groups is 2. The summed E-state index contributed by atoms with van der Waals surface area (Å²) in [6.07, 6.45) is 3.17. The quantitative estimate of drug-likeness (QED) is 0.187. The molecule has 1 atom stereocenters. The van der Waals surface area contributed by atoms with Crippen LogP contribution in [0.15, 0.2) is 177 Å². The van der Waals surface area contributed by atoms with Crippen LogP contribution in [-0.4, -0.2) is 16.7 Å². The Morgan fingerprint density at radius 2 is 1.23 bits per heavy atom. The zero-order valence-corrected chi connectivity index (χ0v) is 27.7. The largest absolute Gasteiger partial charge is 0.456 e. The summed E-state index contributed by atoms with van der Waals surface area (Å²) < 4.78 is 12.8. The van der Waals surface area contributed by atoms with E-state index in [1.807, 2.05) is 66.9 Å². The highest BCUT2D eigenvalue weighted by Gasteiger charge is 2.23. The monoisotopic (exact) mass is 667 g/mol. The highest BCUT2D eigenvalue weighted by molar-refractivity contribution is 6.27. The van der Waals surface area contributed by atoms with Gasteiger partial charge in [-0.3, -0.25) is 9.98 Å². The van der Waals surface area contributed by atoms with Crippen LogP contribution in [0.3, 0.4) is 0 Å². The molecule has 1 aliphatic heterocycles. The van der Waals surface area contributed by atoms with Crippen LogP contribution in [0.1, 0.15) is 22.9 Å². The first kappa shape index (κ1) is 28.8. The van der Waals surface area contributed by atoms with Crippen LogP contribution >= 0.6 is 0 Å². The van der Waals surface area contributed by atoms with Gasteiger partial charge in [0.05, 0.1) is 18.2 Å². The number of hydrogen-bond donors (Lipinski definition) is 0. The lowest BCUT2D eigenvalue weighted by Gasteiger charge is -2.34. The number of fused-ring (bicyclic) bond motifs is 8. The number of benzene rings is 7. The van der Waals surface area contributed by atoms with Gasteiger partial charge in [0.1, 0.15) is 16.7 Å². The maximum Gasteiger partial charge on any atom is 0.154 e. The van der Waals surface area contributed by atoms with Gasteiger partial charge in [0.15, 0.2) is 5.58 Å². The number of hydrogen-bond acceptors (Lipinski definition) is 5. The van der Waals surface area contributed by atoms with E-state index < -0.39 is 6.17 Å². The van der Waals surface area contributed by atoms with Crippen LogP contribution in [0.2, 0.25) is 0 Å². The second-order valence-corrected chi connectivity index (χ2v) is 13.1. The Kier molecular flexibility index (Phi) is 6.21. The number of amidine groups is 2. The van der Waals surface area contributed by atoms with Crippen molar-refractivity contribution in [3.63, 3.8) is 0 Å². The van der Waals surface area contributed by atoms with E-state index in [1.165, 1.54) is 0 Å². The second-order valence-electron chi connectivity index (χ2n) is 13.1. The van der Waals surface area contributed by atoms with E-state index in [2.05, 4.69) is 84.9 Å². The Morgan fingerprint density at radius 3 is 2.12 bits per heavy atom. The lowest BCUT2D eigenvalue weighted by atomic mass is 9.91. The van der Waals surface area contributed by atoms with Gasteiger partial charge in [-0.1, -0.05) is 127 Å². The molecule has 1 aliphatic rings. The minimum absolute atomic E-state index is 0.575. The number of pyridine rings is 1. The molecule has 4 heterocycles. The molecule has 0 fully saturated rings. The zero-order valence-electron chi connectivity index (χ0n) is 27.7. The molecule has 10 aromatic rings. The molecule has 1 unspecified atom stereocenters. The van der Waals surface area contributed by atoms with Gasteiger partial charge in [0.2, 0.25) is 0 Å². The molecule has 52 heavy (non-hydrogen) atoms. The second kappa shape index (κ2) is 11.2. The van der Waals surface area contributed by atoms with Crippen molar-refractivity contribution in [2.75, 3.05) is 0 Å². The summed E-state index contributed by atoms with van der Waals surface area (Å²) in [7, 11) is 0. The third kappa shape index (κ3) is 4.41. The molecule has 7 aromatic carbocycles. The molecule has 0 radical (unpaired) electrons. The van der Waals surface area contributed by atoms with Crippen molar-refractivity contribution >= 4 is 77.1 Å². The van der Waals surface area contributed by atoms with Crippen LogP contribution in [0.5, 0.6) is 0 Å². The minimum Gasteiger partial charge on any atom is -0.456 e. The summed E-state index contributed by atoms with van der Waals surface area (Å²) in [5, 5.41) is 13.9. The summed E-state index contributed by atoms with van der Waals surface area (Å²) in [6, 6.07) is 49.8. The molecule has 0 bridgehead atoms. The molecule has 11 rings (SSSR count). The predicted molar refractivity (Wildman–Crippen MR) is 211 cm³/mol. The van der Waals surface area contributed by atoms with Gasteiger partial charge in [-0.25, -0.2) is 0 Å². The van der Waals surface area contributed by atoms with Crippen molar-refractivity contribution in [1.29, 1.82) is 0 Å². The fourth-order valence-corrected chi connectivity index (χ4v) is 7.78. The Morgan fingerprint density at radius 1 is 0.500 bits per heavy atom. The van der Waals surface area contributed by atoms with Crippen LogP contribution in [0.25, 0.3) is 81.9 Å². The molecule has 0 N–H and O–H groups in total. The highest BCUT2D eigenvalue weighted by Crippen LogP contribution is 2.44. The average Bonchev–Trinajstić information content (AvgIpc) is 3.77. The molecule has 0 aliphatic carbocycles. The maximum atomic E-state index is 6.47. The van der Waals surface area contributed by atoms with Gasteiger partial charge in [-0.05, 0) is 68.1 Å². The van der Waals surface area contributed by atoms with Crippen molar-refractivity contribution < 1.29 is 8.83 Å². The lowest BCUT2D eigenvalue weighted by molar-refractivity contribution is 0.667. The van der Waals surface area contributed by atoms with Crippen LogP contribution in [0.4, 0.5) is 0 Å². The summed E-state index contributed by atoms with van der Waals surface area (Å²) in [5.74, 6) is 1.22. The smallest absolute Gasteiger partial charge is 0.154 e. The van der Waals surface area contributed by atoms with E-state index in [1.54, 1.807) is 6.20 Å². The molecular formula is C46H27N4O2-. The summed E-state index contributed by atoms with van der Waals surface area (Å²) in [5.41, 5.74) is 7.90. The van der Waals surface area contributed by atoms with E-state index in [0.717, 1.165) is 93.2 Å². The molecule has 3 aromatic heterocycles. The van der Waals surface area contributed by atoms with Crippen molar-refractivity contribution in [2.24, 2.45) is 9.98 Å². The van der Waals surface area contributed by atoms with Crippen molar-refractivity contribution in [2.45, 2.75) is 6.17 Å². The predicted octanol–water partition coefficient (Wildman–Crippen LogP) is 12.1. The molecule has 0 spiro atoms. The van der Waals surface area contributed by atoms with E-state index in [9.17, 15) is 0 Å². The number of nitrogens with zero attached hydrogens (tertiary/aromatic N) is 4. The van der Waals surface area contributed by atoms with Gasteiger partial charge in [0.25, 0.3) is 0 Å². The summed E-state index contributed by atoms with van der Waals surface area (Å²) in [4.78, 5) is 15.2. The van der Waals surface area contributed by atoms with Crippen LogP contribution < -0.4 is 0 Å². The number of para-hydroxylation sites is 1. The Balaban J connectivity index is 1.18. The minimum atomic E-state index is -0.575. The Labute approximate surface area is 297 Å². The number of rotatable bonds is 4. The molecule has 0 amide bonds. The standard InChI is InChI=1S/C46H27N4O2/c1-2-12-28(13-3-1)44-48-45(34-18-10-20-38-41(34)33-17-8-9-19-37(33)51-38)50-46(49-44)43-31-16-7-6-11-27(31)21-22-32(43)36-25-47-26-40-42(36)35-23-29-14-4-5-15-30(29)24-39(35)52-40/h1-26,45H/q-1. The average molecular weight is 668 g/mol. The topological polar surface area (TPSA) is 78.0 Å². The first-order chi connectivity index (χ1) is 25.8. The van der Waals surface area contributed by atoms with Crippen molar-refractivity contribution in [3.05, 3.63) is 180 Å². The first-order valence-corrected chi connectivity index (χ1v) is 17.3. The van der Waals surface area contributed by atoms with Gasteiger partial charge >= 0.3 is 0 Å². The number of aromatic nitrogens is 1. The SMILES string of the molecule is c1ccc(C2=NC(c3cccc4oc5ccccc5c34)[N-]C(c3c(-c4cncc5oc6cc7ccccc7cc6c45)ccc4ccccc34)=N2)cc1. The van der Waals surface area contributed by atoms with E-state index in [-0.39, 0.29) is 0 Å². The lowest BCUT2D eigenvalue weighted by Crippen LogP contribution is -2.17. The van der Waals surface area contributed by atoms with E-state index in [0.29, 0.717) is 11.7 Å². The van der Waals surface area contributed by atoms with E-state index in [4.69, 9.17) is 29.1 Å². The maximum absolute atomic E-state index is 6.47. The van der Waals surface area contributed by atoms with Gasteiger partial charge in [0, 0.05) is 33.3 Å². The summed E-state index contributed by atoms with van der Waals surface area (Å²) >= 11 is 0. The van der Waals surface area contributed by atoms with Gasteiger partial charge in [-0.15, -0.1) is 0 Å². The third-order valence-electron chi connectivity index (χ3n) is 10.1. The molecule has 0 saturated heterocycles. The molecule has 6 heteroatoms. The van der Waals surface area contributed by atoms with Crippen molar-refractivity contribution in [1.82, 2.24) is 4.98 Å². The normalized spacial score (nSPS) is 14.7. The third-order valence-corrected chi connectivity index (χ3v) is 10.1. The highest BCUT2D eigenvalue weighted by atomic mass is 16.3. The molecular weight excluding hydrogens is 641 g/mol. The van der Waals surface area contributed by atoms with Crippen LogP contribution in [-0.2, 0) is 0 Å². The Bertz CT molecular complexity index is 3120. The van der Waals surface area contributed by atoms with E-state index >= 15 is 0 Å². The fourth-order valence-electron chi connectivity index (χ4n) is 7.78. The first-order valence-electron chi connectivity index (χ1n) is 17.3. The van der Waals surface area contributed by atoms with Crippen LogP contribution in [0, 0.1) is 0 Å². The zero-order chi connectivity index (χ0) is 34.2. The molecule has 0 saturated carbocycles. The fraction of sp³-hybridized carbons (Fsp3) is 0.0217. The number of furan rings is 2. The van der Waals surface area contributed by atoms with Gasteiger partial charge in [-0.2, -0.15) is 0 Å². The van der Waals surface area contributed by atoms with Crippen molar-refractivity contribution in [3.8, 4) is 11.1 Å². The summed E-state index contributed by atoms with van der Waals surface area (Å²) in [6.45, 7) is 0. The van der Waals surface area contributed by atoms with Gasteiger partial charge < -0.3 is 19.1 Å². The molecule has 244 valence electrons. The molecule has 6 nitrogen and oxygen atoms in total.